The highest BCUT2D eigenvalue weighted by molar-refractivity contribution is 5.97. The van der Waals surface area contributed by atoms with Crippen LogP contribution in [0.1, 0.15) is 21.9 Å². The Labute approximate surface area is 120 Å². The van der Waals surface area contributed by atoms with Gasteiger partial charge in [-0.3, -0.25) is 9.78 Å². The van der Waals surface area contributed by atoms with Gasteiger partial charge in [0, 0.05) is 11.8 Å². The van der Waals surface area contributed by atoms with Gasteiger partial charge in [0.2, 0.25) is 0 Å². The first kappa shape index (κ1) is 13.0. The van der Waals surface area contributed by atoms with E-state index >= 15 is 0 Å². The molecule has 0 atom stereocenters. The number of rotatable bonds is 3. The second-order valence-corrected chi connectivity index (χ2v) is 4.51. The number of benzene rings is 1. The maximum atomic E-state index is 12.0. The minimum atomic E-state index is -0.281. The number of aromatic nitrogens is 3. The smallest absolute Gasteiger partial charge is 0.271 e. The van der Waals surface area contributed by atoms with Gasteiger partial charge in [0.25, 0.3) is 5.91 Å². The molecule has 2 heterocycles. The molecule has 3 aromatic rings. The SMILES string of the molecule is Cc1nc2ccc(C(=O)N/N=C\c3ccccn3)cc2[nH]1. The van der Waals surface area contributed by atoms with Crippen LogP contribution in [0.2, 0.25) is 0 Å². The van der Waals surface area contributed by atoms with Crippen LogP contribution >= 0.6 is 0 Å². The number of imidazole rings is 1. The molecule has 2 aromatic heterocycles. The van der Waals surface area contributed by atoms with Crippen LogP contribution in [0.5, 0.6) is 0 Å². The molecule has 0 aliphatic heterocycles. The minimum Gasteiger partial charge on any atom is -0.342 e. The summed E-state index contributed by atoms with van der Waals surface area (Å²) < 4.78 is 0. The standard InChI is InChI=1S/C15H13N5O/c1-10-18-13-6-5-11(8-14(13)19-10)15(21)20-17-9-12-4-2-3-7-16-12/h2-9H,1H3,(H,18,19)(H,20,21)/b17-9-. The number of H-pyrrole nitrogens is 1. The number of fused-ring (bicyclic) bond motifs is 1. The molecule has 6 heteroatoms. The molecule has 1 aromatic carbocycles. The summed E-state index contributed by atoms with van der Waals surface area (Å²) in [7, 11) is 0. The van der Waals surface area contributed by atoms with E-state index in [1.54, 1.807) is 30.5 Å². The molecule has 0 bridgehead atoms. The van der Waals surface area contributed by atoms with E-state index in [1.165, 1.54) is 6.21 Å². The fourth-order valence-electron chi connectivity index (χ4n) is 1.95. The second-order valence-electron chi connectivity index (χ2n) is 4.51. The lowest BCUT2D eigenvalue weighted by Gasteiger charge is -1.99. The van der Waals surface area contributed by atoms with Gasteiger partial charge in [-0.05, 0) is 37.3 Å². The number of pyridine rings is 1. The van der Waals surface area contributed by atoms with Crippen molar-refractivity contribution in [2.24, 2.45) is 5.10 Å². The lowest BCUT2D eigenvalue weighted by molar-refractivity contribution is 0.0955. The van der Waals surface area contributed by atoms with Crippen molar-refractivity contribution in [2.45, 2.75) is 6.92 Å². The number of nitrogens with zero attached hydrogens (tertiary/aromatic N) is 3. The molecule has 3 rings (SSSR count). The average Bonchev–Trinajstić information content (AvgIpc) is 2.87. The molecule has 0 fully saturated rings. The first-order chi connectivity index (χ1) is 10.2. The molecule has 0 spiro atoms. The van der Waals surface area contributed by atoms with E-state index in [0.717, 1.165) is 16.9 Å². The molecule has 0 aliphatic rings. The molecule has 6 nitrogen and oxygen atoms in total. The molecule has 21 heavy (non-hydrogen) atoms. The number of carbonyl (C=O) groups is 1. The zero-order valence-corrected chi connectivity index (χ0v) is 11.4. The molecule has 104 valence electrons. The lowest BCUT2D eigenvalue weighted by Crippen LogP contribution is -2.17. The zero-order chi connectivity index (χ0) is 14.7. The van der Waals surface area contributed by atoms with Crippen LogP contribution < -0.4 is 5.43 Å². The van der Waals surface area contributed by atoms with Crippen molar-refractivity contribution in [1.82, 2.24) is 20.4 Å². The quantitative estimate of drug-likeness (QED) is 0.568. The number of nitrogens with one attached hydrogen (secondary N) is 2. The molecule has 2 N–H and O–H groups in total. The highest BCUT2D eigenvalue weighted by Crippen LogP contribution is 2.13. The second kappa shape index (κ2) is 5.54. The third-order valence-corrected chi connectivity index (χ3v) is 2.91. The van der Waals surface area contributed by atoms with E-state index in [9.17, 15) is 4.79 Å². The van der Waals surface area contributed by atoms with Gasteiger partial charge in [-0.25, -0.2) is 10.4 Å². The number of aryl methyl sites for hydroxylation is 1. The molecular formula is C15H13N5O. The van der Waals surface area contributed by atoms with Crippen LogP contribution in [0.15, 0.2) is 47.7 Å². The predicted molar refractivity (Wildman–Crippen MR) is 80.1 cm³/mol. The summed E-state index contributed by atoms with van der Waals surface area (Å²) in [6.07, 6.45) is 3.16. The Morgan fingerprint density at radius 2 is 2.24 bits per heavy atom. The summed E-state index contributed by atoms with van der Waals surface area (Å²) in [5, 5.41) is 3.89. The Kier molecular flexibility index (Phi) is 3.42. The third-order valence-electron chi connectivity index (χ3n) is 2.91. The molecular weight excluding hydrogens is 266 g/mol. The highest BCUT2D eigenvalue weighted by Gasteiger charge is 2.07. The number of carbonyl (C=O) groups excluding carboxylic acids is 1. The summed E-state index contributed by atoms with van der Waals surface area (Å²) in [4.78, 5) is 23.5. The maximum Gasteiger partial charge on any atom is 0.271 e. The fraction of sp³-hybridized carbons (Fsp3) is 0.0667. The number of amides is 1. The normalized spacial score (nSPS) is 11.1. The number of aromatic amines is 1. The molecule has 0 aliphatic carbocycles. The molecule has 0 radical (unpaired) electrons. The monoisotopic (exact) mass is 279 g/mol. The third kappa shape index (κ3) is 2.94. The van der Waals surface area contributed by atoms with Gasteiger partial charge in [-0.2, -0.15) is 5.10 Å². The van der Waals surface area contributed by atoms with Gasteiger partial charge in [0.1, 0.15) is 5.82 Å². The van der Waals surface area contributed by atoms with Crippen LogP contribution in [0.25, 0.3) is 11.0 Å². The Hall–Kier alpha value is -3.02. The summed E-state index contributed by atoms with van der Waals surface area (Å²) in [5.74, 6) is 0.534. The predicted octanol–water partition coefficient (Wildman–Crippen LogP) is 2.03. The van der Waals surface area contributed by atoms with Gasteiger partial charge >= 0.3 is 0 Å². The Bertz CT molecular complexity index is 807. The summed E-state index contributed by atoms with van der Waals surface area (Å²) in [6, 6.07) is 10.7. The Morgan fingerprint density at radius 3 is 3.05 bits per heavy atom. The van der Waals surface area contributed by atoms with E-state index in [0.29, 0.717) is 11.3 Å². The number of hydrogen-bond acceptors (Lipinski definition) is 4. The van der Waals surface area contributed by atoms with Gasteiger partial charge in [-0.15, -0.1) is 0 Å². The maximum absolute atomic E-state index is 12.0. The first-order valence-electron chi connectivity index (χ1n) is 6.43. The molecule has 0 unspecified atom stereocenters. The van der Waals surface area contributed by atoms with E-state index in [1.807, 2.05) is 19.1 Å². The van der Waals surface area contributed by atoms with Gasteiger partial charge in [0.15, 0.2) is 0 Å². The van der Waals surface area contributed by atoms with Crippen LogP contribution in [-0.4, -0.2) is 27.1 Å². The fourth-order valence-corrected chi connectivity index (χ4v) is 1.95. The average molecular weight is 279 g/mol. The van der Waals surface area contributed by atoms with E-state index in [4.69, 9.17) is 0 Å². The van der Waals surface area contributed by atoms with Crippen LogP contribution in [0.4, 0.5) is 0 Å². The van der Waals surface area contributed by atoms with Gasteiger partial charge in [-0.1, -0.05) is 6.07 Å². The van der Waals surface area contributed by atoms with Crippen molar-refractivity contribution >= 4 is 23.2 Å². The summed E-state index contributed by atoms with van der Waals surface area (Å²) >= 11 is 0. The summed E-state index contributed by atoms with van der Waals surface area (Å²) in [6.45, 7) is 1.87. The highest BCUT2D eigenvalue weighted by atomic mass is 16.2. The van der Waals surface area contributed by atoms with Crippen LogP contribution in [-0.2, 0) is 0 Å². The Balaban J connectivity index is 1.73. The van der Waals surface area contributed by atoms with Crippen LogP contribution in [0.3, 0.4) is 0 Å². The molecule has 1 amide bonds. The minimum absolute atomic E-state index is 0.281. The lowest BCUT2D eigenvalue weighted by atomic mass is 10.2. The van der Waals surface area contributed by atoms with Crippen molar-refractivity contribution in [2.75, 3.05) is 0 Å². The van der Waals surface area contributed by atoms with E-state index in [2.05, 4.69) is 25.5 Å². The number of hydrazone groups is 1. The van der Waals surface area contributed by atoms with Crippen LogP contribution in [0, 0.1) is 6.92 Å². The summed E-state index contributed by atoms with van der Waals surface area (Å²) in [5.41, 5.74) is 5.33. The van der Waals surface area contributed by atoms with Crippen molar-refractivity contribution < 1.29 is 4.79 Å². The first-order valence-corrected chi connectivity index (χ1v) is 6.43. The van der Waals surface area contributed by atoms with Crippen molar-refractivity contribution in [3.63, 3.8) is 0 Å². The van der Waals surface area contributed by atoms with Crippen molar-refractivity contribution in [3.05, 3.63) is 59.7 Å². The zero-order valence-electron chi connectivity index (χ0n) is 11.4. The van der Waals surface area contributed by atoms with Gasteiger partial charge < -0.3 is 4.98 Å². The van der Waals surface area contributed by atoms with Crippen molar-refractivity contribution in [1.29, 1.82) is 0 Å². The Morgan fingerprint density at radius 1 is 1.33 bits per heavy atom. The molecule has 0 saturated carbocycles. The van der Waals surface area contributed by atoms with Crippen molar-refractivity contribution in [3.8, 4) is 0 Å². The van der Waals surface area contributed by atoms with Gasteiger partial charge in [0.05, 0.1) is 22.9 Å². The topological polar surface area (TPSA) is 83.0 Å². The largest absolute Gasteiger partial charge is 0.342 e. The molecule has 0 saturated heterocycles. The number of hydrogen-bond donors (Lipinski definition) is 2. The van der Waals surface area contributed by atoms with E-state index in [-0.39, 0.29) is 5.91 Å². The van der Waals surface area contributed by atoms with E-state index < -0.39 is 0 Å².